The first kappa shape index (κ1) is 17.5. The molecule has 116 valence electrons. The minimum Gasteiger partial charge on any atom is -0.352 e. The van der Waals surface area contributed by atoms with Crippen molar-refractivity contribution in [3.8, 4) is 0 Å². The molecule has 0 saturated heterocycles. The van der Waals surface area contributed by atoms with Crippen LogP contribution >= 0.6 is 0 Å². The number of carbonyl (C=O) groups excluding carboxylic acids is 1. The van der Waals surface area contributed by atoms with Crippen LogP contribution in [0.5, 0.6) is 0 Å². The van der Waals surface area contributed by atoms with Gasteiger partial charge in [0.1, 0.15) is 0 Å². The van der Waals surface area contributed by atoms with Gasteiger partial charge in [-0.1, -0.05) is 63.7 Å². The van der Waals surface area contributed by atoms with Crippen LogP contribution in [0.2, 0.25) is 0 Å². The van der Waals surface area contributed by atoms with Gasteiger partial charge in [-0.25, -0.2) is 0 Å². The van der Waals surface area contributed by atoms with Crippen LogP contribution in [0.3, 0.4) is 0 Å². The van der Waals surface area contributed by atoms with E-state index >= 15 is 0 Å². The van der Waals surface area contributed by atoms with E-state index in [1.807, 2.05) is 30.3 Å². The highest BCUT2D eigenvalue weighted by Crippen LogP contribution is 2.07. The van der Waals surface area contributed by atoms with E-state index in [1.165, 1.54) is 44.1 Å². The average molecular weight is 287 g/mol. The SMILES string of the molecule is C=CCc1ccc(C(=O)NCCCCCCCCC)cc1. The van der Waals surface area contributed by atoms with Gasteiger partial charge >= 0.3 is 0 Å². The Bertz CT molecular complexity index is 408. The Morgan fingerprint density at radius 1 is 1.05 bits per heavy atom. The van der Waals surface area contributed by atoms with Crippen molar-refractivity contribution >= 4 is 5.91 Å². The Hall–Kier alpha value is -1.57. The second kappa shape index (κ2) is 11.1. The molecule has 2 heteroatoms. The molecule has 1 rings (SSSR count). The molecule has 0 radical (unpaired) electrons. The van der Waals surface area contributed by atoms with Crippen LogP contribution in [-0.2, 0) is 6.42 Å². The van der Waals surface area contributed by atoms with Crippen LogP contribution in [-0.4, -0.2) is 12.5 Å². The minimum atomic E-state index is 0.0335. The van der Waals surface area contributed by atoms with Crippen molar-refractivity contribution in [2.45, 2.75) is 58.3 Å². The summed E-state index contributed by atoms with van der Waals surface area (Å²) in [6, 6.07) is 7.76. The van der Waals surface area contributed by atoms with E-state index in [-0.39, 0.29) is 5.91 Å². The van der Waals surface area contributed by atoms with Crippen LogP contribution < -0.4 is 5.32 Å². The Labute approximate surface area is 129 Å². The van der Waals surface area contributed by atoms with E-state index < -0.39 is 0 Å². The molecular weight excluding hydrogens is 258 g/mol. The summed E-state index contributed by atoms with van der Waals surface area (Å²) in [5.41, 5.74) is 1.93. The number of allylic oxidation sites excluding steroid dienone is 1. The second-order valence-electron chi connectivity index (χ2n) is 5.57. The number of amides is 1. The van der Waals surface area contributed by atoms with E-state index in [0.717, 1.165) is 24.9 Å². The van der Waals surface area contributed by atoms with Gasteiger partial charge in [-0.2, -0.15) is 0 Å². The number of hydrogen-bond acceptors (Lipinski definition) is 1. The highest BCUT2D eigenvalue weighted by atomic mass is 16.1. The van der Waals surface area contributed by atoms with Gasteiger partial charge in [0.2, 0.25) is 0 Å². The quantitative estimate of drug-likeness (QED) is 0.455. The van der Waals surface area contributed by atoms with Crippen LogP contribution in [0.1, 0.15) is 67.8 Å². The molecule has 0 unspecified atom stereocenters. The summed E-state index contributed by atoms with van der Waals surface area (Å²) in [7, 11) is 0. The number of nitrogens with one attached hydrogen (secondary N) is 1. The topological polar surface area (TPSA) is 29.1 Å². The van der Waals surface area contributed by atoms with Gasteiger partial charge < -0.3 is 5.32 Å². The number of carbonyl (C=O) groups is 1. The lowest BCUT2D eigenvalue weighted by Gasteiger charge is -2.06. The lowest BCUT2D eigenvalue weighted by atomic mass is 10.1. The normalized spacial score (nSPS) is 10.3. The first-order valence-corrected chi connectivity index (χ1v) is 8.26. The summed E-state index contributed by atoms with van der Waals surface area (Å²) < 4.78 is 0. The predicted octanol–water partition coefficient (Wildman–Crippen LogP) is 4.90. The molecule has 0 aliphatic rings. The molecule has 0 fully saturated rings. The molecular formula is C19H29NO. The molecule has 0 aromatic heterocycles. The van der Waals surface area contributed by atoms with Gasteiger partial charge in [-0.05, 0) is 30.5 Å². The van der Waals surface area contributed by atoms with Crippen LogP contribution in [0.25, 0.3) is 0 Å². The number of hydrogen-bond donors (Lipinski definition) is 1. The smallest absolute Gasteiger partial charge is 0.251 e. The Balaban J connectivity index is 2.14. The third kappa shape index (κ3) is 7.69. The monoisotopic (exact) mass is 287 g/mol. The first-order valence-electron chi connectivity index (χ1n) is 8.26. The Morgan fingerprint density at radius 3 is 2.29 bits per heavy atom. The largest absolute Gasteiger partial charge is 0.352 e. The second-order valence-corrected chi connectivity index (χ2v) is 5.57. The minimum absolute atomic E-state index is 0.0335. The highest BCUT2D eigenvalue weighted by molar-refractivity contribution is 5.94. The molecule has 0 atom stereocenters. The van der Waals surface area contributed by atoms with E-state index in [0.29, 0.717) is 0 Å². The van der Waals surface area contributed by atoms with Gasteiger partial charge in [0, 0.05) is 12.1 Å². The molecule has 2 nitrogen and oxygen atoms in total. The Kier molecular flexibility index (Phi) is 9.26. The standard InChI is InChI=1S/C19H29NO/c1-3-5-6-7-8-9-10-16-20-19(21)18-14-12-17(11-4-2)13-15-18/h4,12-15H,2-3,5-11,16H2,1H3,(H,20,21). The molecule has 0 bridgehead atoms. The van der Waals surface area contributed by atoms with E-state index in [2.05, 4.69) is 18.8 Å². The van der Waals surface area contributed by atoms with Gasteiger partial charge in [0.15, 0.2) is 0 Å². The van der Waals surface area contributed by atoms with Crippen LogP contribution in [0.15, 0.2) is 36.9 Å². The zero-order valence-corrected chi connectivity index (χ0v) is 13.4. The molecule has 0 saturated carbocycles. The molecule has 1 aromatic rings. The van der Waals surface area contributed by atoms with Gasteiger partial charge in [-0.3, -0.25) is 4.79 Å². The zero-order valence-electron chi connectivity index (χ0n) is 13.4. The molecule has 1 amide bonds. The number of benzene rings is 1. The maximum atomic E-state index is 12.0. The van der Waals surface area contributed by atoms with E-state index in [9.17, 15) is 4.79 Å². The summed E-state index contributed by atoms with van der Waals surface area (Å²) >= 11 is 0. The summed E-state index contributed by atoms with van der Waals surface area (Å²) in [5.74, 6) is 0.0335. The molecule has 1 N–H and O–H groups in total. The van der Waals surface area contributed by atoms with E-state index in [1.54, 1.807) is 0 Å². The van der Waals surface area contributed by atoms with Crippen molar-refractivity contribution in [1.82, 2.24) is 5.32 Å². The molecule has 1 aromatic carbocycles. The maximum absolute atomic E-state index is 12.0. The molecule has 0 heterocycles. The lowest BCUT2D eigenvalue weighted by molar-refractivity contribution is 0.0953. The predicted molar refractivity (Wildman–Crippen MR) is 90.7 cm³/mol. The van der Waals surface area contributed by atoms with E-state index in [4.69, 9.17) is 0 Å². The van der Waals surface area contributed by atoms with Crippen molar-refractivity contribution in [3.05, 3.63) is 48.0 Å². The number of unbranched alkanes of at least 4 members (excludes halogenated alkanes) is 6. The third-order valence-corrected chi connectivity index (χ3v) is 3.66. The molecule has 0 aliphatic carbocycles. The zero-order chi connectivity index (χ0) is 15.3. The fourth-order valence-corrected chi connectivity index (χ4v) is 2.34. The highest BCUT2D eigenvalue weighted by Gasteiger charge is 2.04. The van der Waals surface area contributed by atoms with Crippen LogP contribution in [0.4, 0.5) is 0 Å². The third-order valence-electron chi connectivity index (χ3n) is 3.66. The first-order chi connectivity index (χ1) is 10.3. The van der Waals surface area contributed by atoms with Crippen molar-refractivity contribution in [1.29, 1.82) is 0 Å². The molecule has 0 aliphatic heterocycles. The average Bonchev–Trinajstić information content (AvgIpc) is 2.51. The summed E-state index contributed by atoms with van der Waals surface area (Å²) in [6.45, 7) is 6.73. The summed E-state index contributed by atoms with van der Waals surface area (Å²) in [4.78, 5) is 12.0. The van der Waals surface area contributed by atoms with Crippen LogP contribution in [0, 0.1) is 0 Å². The fourth-order valence-electron chi connectivity index (χ4n) is 2.34. The van der Waals surface area contributed by atoms with Crippen molar-refractivity contribution in [3.63, 3.8) is 0 Å². The summed E-state index contributed by atoms with van der Waals surface area (Å²) in [5, 5.41) is 2.99. The summed E-state index contributed by atoms with van der Waals surface area (Å²) in [6.07, 6.45) is 11.6. The van der Waals surface area contributed by atoms with Gasteiger partial charge in [0.25, 0.3) is 5.91 Å². The van der Waals surface area contributed by atoms with Crippen molar-refractivity contribution in [2.24, 2.45) is 0 Å². The molecule has 21 heavy (non-hydrogen) atoms. The number of rotatable bonds is 11. The van der Waals surface area contributed by atoms with Gasteiger partial charge in [-0.15, -0.1) is 6.58 Å². The Morgan fingerprint density at radius 2 is 1.67 bits per heavy atom. The molecule has 0 spiro atoms. The van der Waals surface area contributed by atoms with Gasteiger partial charge in [0.05, 0.1) is 0 Å². The maximum Gasteiger partial charge on any atom is 0.251 e. The van der Waals surface area contributed by atoms with Crippen molar-refractivity contribution < 1.29 is 4.79 Å². The fraction of sp³-hybridized carbons (Fsp3) is 0.526. The lowest BCUT2D eigenvalue weighted by Crippen LogP contribution is -2.24. The van der Waals surface area contributed by atoms with Crippen molar-refractivity contribution in [2.75, 3.05) is 6.54 Å².